The standard InChI is InChI=1S/C15H32/c1-5-6-8-12-15(4)13-10-7-9-11-14(2)3/h14-15H,5-13H2,1-4H3. The Bertz CT molecular complexity index is 115. The molecule has 0 saturated heterocycles. The molecular weight excluding hydrogens is 180 g/mol. The summed E-state index contributed by atoms with van der Waals surface area (Å²) in [6, 6.07) is 0. The molecule has 0 bridgehead atoms. The van der Waals surface area contributed by atoms with E-state index in [0.29, 0.717) is 0 Å². The summed E-state index contributed by atoms with van der Waals surface area (Å²) in [5, 5.41) is 0. The van der Waals surface area contributed by atoms with Crippen LogP contribution in [0, 0.1) is 11.8 Å². The minimum atomic E-state index is 0.895. The molecule has 15 heavy (non-hydrogen) atoms. The number of hydrogen-bond donors (Lipinski definition) is 0. The molecule has 0 aliphatic carbocycles. The first kappa shape index (κ1) is 15.0. The molecular formula is C15H32. The molecule has 0 amide bonds. The van der Waals surface area contributed by atoms with Crippen LogP contribution in [0.4, 0.5) is 0 Å². The normalized spacial score (nSPS) is 13.4. The molecule has 0 N–H and O–H groups in total. The zero-order chi connectivity index (χ0) is 11.5. The summed E-state index contributed by atoms with van der Waals surface area (Å²) in [4.78, 5) is 0. The maximum atomic E-state index is 2.43. The number of unbranched alkanes of at least 4 members (excludes halogenated alkanes) is 4. The Balaban J connectivity index is 3.13. The second kappa shape index (κ2) is 10.5. The van der Waals surface area contributed by atoms with Gasteiger partial charge < -0.3 is 0 Å². The van der Waals surface area contributed by atoms with Gasteiger partial charge in [-0.1, -0.05) is 85.5 Å². The quantitative estimate of drug-likeness (QED) is 0.401. The van der Waals surface area contributed by atoms with Crippen molar-refractivity contribution >= 4 is 0 Å². The molecule has 0 nitrogen and oxygen atoms in total. The SMILES string of the molecule is CCCCCC(C)CCCCCC(C)C. The summed E-state index contributed by atoms with van der Waals surface area (Å²) in [6.45, 7) is 9.37. The lowest BCUT2D eigenvalue weighted by Gasteiger charge is -2.11. The van der Waals surface area contributed by atoms with Crippen LogP contribution in [0.2, 0.25) is 0 Å². The van der Waals surface area contributed by atoms with Gasteiger partial charge in [-0.2, -0.15) is 0 Å². The first-order chi connectivity index (χ1) is 7.16. The summed E-state index contributed by atoms with van der Waals surface area (Å²) in [7, 11) is 0. The zero-order valence-corrected chi connectivity index (χ0v) is 11.5. The minimum Gasteiger partial charge on any atom is -0.0654 e. The van der Waals surface area contributed by atoms with E-state index in [1.165, 1.54) is 57.8 Å². The van der Waals surface area contributed by atoms with Crippen molar-refractivity contribution in [1.29, 1.82) is 0 Å². The summed E-state index contributed by atoms with van der Waals surface area (Å²) in [6.07, 6.45) is 12.9. The molecule has 0 heteroatoms. The fourth-order valence-electron chi connectivity index (χ4n) is 2.11. The van der Waals surface area contributed by atoms with Gasteiger partial charge >= 0.3 is 0 Å². The van der Waals surface area contributed by atoms with E-state index in [0.717, 1.165) is 11.8 Å². The smallest absolute Gasteiger partial charge is 0.0443 e. The molecule has 0 aromatic heterocycles. The average molecular weight is 212 g/mol. The van der Waals surface area contributed by atoms with Crippen LogP contribution in [0.25, 0.3) is 0 Å². The minimum absolute atomic E-state index is 0.895. The molecule has 1 unspecified atom stereocenters. The molecule has 0 fully saturated rings. The lowest BCUT2D eigenvalue weighted by atomic mass is 9.96. The van der Waals surface area contributed by atoms with Crippen molar-refractivity contribution in [2.75, 3.05) is 0 Å². The van der Waals surface area contributed by atoms with Gasteiger partial charge in [-0.05, 0) is 11.8 Å². The fourth-order valence-corrected chi connectivity index (χ4v) is 2.11. The van der Waals surface area contributed by atoms with Gasteiger partial charge in [-0.3, -0.25) is 0 Å². The molecule has 1 atom stereocenters. The Labute approximate surface area is 97.8 Å². The molecule has 0 aliphatic heterocycles. The van der Waals surface area contributed by atoms with Gasteiger partial charge in [0.15, 0.2) is 0 Å². The molecule has 0 aromatic carbocycles. The Morgan fingerprint density at radius 3 is 1.73 bits per heavy atom. The highest BCUT2D eigenvalue weighted by atomic mass is 14.1. The van der Waals surface area contributed by atoms with Crippen molar-refractivity contribution < 1.29 is 0 Å². The van der Waals surface area contributed by atoms with E-state index in [1.54, 1.807) is 0 Å². The lowest BCUT2D eigenvalue weighted by Crippen LogP contribution is -1.95. The molecule has 92 valence electrons. The topological polar surface area (TPSA) is 0 Å². The van der Waals surface area contributed by atoms with E-state index >= 15 is 0 Å². The second-order valence-electron chi connectivity index (χ2n) is 5.63. The third kappa shape index (κ3) is 11.9. The first-order valence-corrected chi connectivity index (χ1v) is 7.16. The van der Waals surface area contributed by atoms with Gasteiger partial charge in [-0.25, -0.2) is 0 Å². The largest absolute Gasteiger partial charge is 0.0654 e. The molecule has 0 aromatic rings. The third-order valence-corrected chi connectivity index (χ3v) is 3.28. The molecule has 0 aliphatic rings. The molecule has 0 radical (unpaired) electrons. The van der Waals surface area contributed by atoms with Crippen LogP contribution < -0.4 is 0 Å². The van der Waals surface area contributed by atoms with Crippen LogP contribution >= 0.6 is 0 Å². The third-order valence-electron chi connectivity index (χ3n) is 3.28. The van der Waals surface area contributed by atoms with E-state index in [9.17, 15) is 0 Å². The first-order valence-electron chi connectivity index (χ1n) is 7.16. The van der Waals surface area contributed by atoms with Crippen molar-refractivity contribution in [3.05, 3.63) is 0 Å². The predicted molar refractivity (Wildman–Crippen MR) is 71.2 cm³/mol. The van der Waals surface area contributed by atoms with Crippen LogP contribution in [0.3, 0.4) is 0 Å². The van der Waals surface area contributed by atoms with Crippen molar-refractivity contribution in [1.82, 2.24) is 0 Å². The summed E-state index contributed by atoms with van der Waals surface area (Å²) in [5.41, 5.74) is 0. The van der Waals surface area contributed by atoms with Crippen molar-refractivity contribution in [3.8, 4) is 0 Å². The van der Waals surface area contributed by atoms with Gasteiger partial charge in [0.2, 0.25) is 0 Å². The Hall–Kier alpha value is 0. The zero-order valence-electron chi connectivity index (χ0n) is 11.5. The van der Waals surface area contributed by atoms with Crippen LogP contribution in [-0.2, 0) is 0 Å². The summed E-state index contributed by atoms with van der Waals surface area (Å²) < 4.78 is 0. The Kier molecular flexibility index (Phi) is 10.5. The van der Waals surface area contributed by atoms with Gasteiger partial charge in [0.1, 0.15) is 0 Å². The van der Waals surface area contributed by atoms with Gasteiger partial charge in [0.25, 0.3) is 0 Å². The van der Waals surface area contributed by atoms with E-state index in [4.69, 9.17) is 0 Å². The van der Waals surface area contributed by atoms with Crippen molar-refractivity contribution in [2.24, 2.45) is 11.8 Å². The van der Waals surface area contributed by atoms with Crippen LogP contribution in [0.15, 0.2) is 0 Å². The van der Waals surface area contributed by atoms with Gasteiger partial charge in [0.05, 0.1) is 0 Å². The van der Waals surface area contributed by atoms with Crippen LogP contribution in [0.1, 0.15) is 85.5 Å². The second-order valence-corrected chi connectivity index (χ2v) is 5.63. The summed E-state index contributed by atoms with van der Waals surface area (Å²) >= 11 is 0. The van der Waals surface area contributed by atoms with E-state index < -0.39 is 0 Å². The van der Waals surface area contributed by atoms with E-state index in [2.05, 4.69) is 27.7 Å². The van der Waals surface area contributed by atoms with E-state index in [1.807, 2.05) is 0 Å². The Morgan fingerprint density at radius 1 is 0.667 bits per heavy atom. The molecule has 0 rings (SSSR count). The number of hydrogen-bond acceptors (Lipinski definition) is 0. The highest BCUT2D eigenvalue weighted by Crippen LogP contribution is 2.17. The fraction of sp³-hybridized carbons (Fsp3) is 1.00. The summed E-state index contributed by atoms with van der Waals surface area (Å²) in [5.74, 6) is 1.86. The maximum absolute atomic E-state index is 2.43. The average Bonchev–Trinajstić information content (AvgIpc) is 2.17. The number of rotatable bonds is 10. The Morgan fingerprint density at radius 2 is 1.20 bits per heavy atom. The highest BCUT2D eigenvalue weighted by molar-refractivity contribution is 4.55. The van der Waals surface area contributed by atoms with Crippen molar-refractivity contribution in [3.63, 3.8) is 0 Å². The monoisotopic (exact) mass is 212 g/mol. The molecule has 0 heterocycles. The molecule has 0 spiro atoms. The lowest BCUT2D eigenvalue weighted by molar-refractivity contribution is 0.430. The maximum Gasteiger partial charge on any atom is -0.0443 e. The highest BCUT2D eigenvalue weighted by Gasteiger charge is 2.01. The van der Waals surface area contributed by atoms with Crippen LogP contribution in [0.5, 0.6) is 0 Å². The van der Waals surface area contributed by atoms with Gasteiger partial charge in [0, 0.05) is 0 Å². The molecule has 0 saturated carbocycles. The van der Waals surface area contributed by atoms with Crippen molar-refractivity contribution in [2.45, 2.75) is 85.5 Å². The van der Waals surface area contributed by atoms with Crippen LogP contribution in [-0.4, -0.2) is 0 Å². The van der Waals surface area contributed by atoms with E-state index in [-0.39, 0.29) is 0 Å². The predicted octanol–water partition coefficient (Wildman–Crippen LogP) is 5.81. The van der Waals surface area contributed by atoms with Gasteiger partial charge in [-0.15, -0.1) is 0 Å².